The van der Waals surface area contributed by atoms with E-state index >= 15 is 0 Å². The molecule has 110 valence electrons. The highest BCUT2D eigenvalue weighted by Gasteiger charge is 2.24. The van der Waals surface area contributed by atoms with Crippen LogP contribution in [0.3, 0.4) is 0 Å². The molecule has 0 aliphatic carbocycles. The van der Waals surface area contributed by atoms with Crippen molar-refractivity contribution in [1.29, 1.82) is 0 Å². The van der Waals surface area contributed by atoms with E-state index in [1.165, 1.54) is 0 Å². The number of nitrogens with zero attached hydrogens (tertiary/aromatic N) is 6. The van der Waals surface area contributed by atoms with E-state index in [9.17, 15) is 0 Å². The molecule has 7 heteroatoms. The third kappa shape index (κ3) is 3.29. The molecule has 0 atom stereocenters. The SMILES string of the molecule is CN(c1ncc(Br)cn1)C1CCN(c2cccnn2)CC1. The molecule has 0 radical (unpaired) electrons. The molecule has 1 aliphatic rings. The summed E-state index contributed by atoms with van der Waals surface area (Å²) in [5.41, 5.74) is 0. The van der Waals surface area contributed by atoms with Gasteiger partial charge < -0.3 is 9.80 Å². The Hall–Kier alpha value is -1.76. The third-order valence-electron chi connectivity index (χ3n) is 3.82. The minimum atomic E-state index is 0.457. The fraction of sp³-hybridized carbons (Fsp3) is 0.429. The second kappa shape index (κ2) is 6.34. The predicted octanol–water partition coefficient (Wildman–Crippen LogP) is 2.13. The van der Waals surface area contributed by atoms with Gasteiger partial charge in [0.05, 0.1) is 4.47 Å². The number of rotatable bonds is 3. The average Bonchev–Trinajstić information content (AvgIpc) is 2.56. The molecule has 0 saturated carbocycles. The van der Waals surface area contributed by atoms with Crippen molar-refractivity contribution < 1.29 is 0 Å². The molecule has 0 spiro atoms. The van der Waals surface area contributed by atoms with E-state index in [1.54, 1.807) is 18.6 Å². The lowest BCUT2D eigenvalue weighted by Gasteiger charge is -2.37. The Labute approximate surface area is 132 Å². The molecule has 0 aromatic carbocycles. The molecule has 3 rings (SSSR count). The van der Waals surface area contributed by atoms with Gasteiger partial charge in [0, 0.05) is 44.8 Å². The van der Waals surface area contributed by atoms with Gasteiger partial charge in [-0.2, -0.15) is 5.10 Å². The van der Waals surface area contributed by atoms with E-state index in [0.717, 1.165) is 42.2 Å². The molecule has 0 bridgehead atoms. The molecule has 1 fully saturated rings. The smallest absolute Gasteiger partial charge is 0.225 e. The van der Waals surface area contributed by atoms with Crippen molar-refractivity contribution in [2.45, 2.75) is 18.9 Å². The van der Waals surface area contributed by atoms with Gasteiger partial charge in [-0.3, -0.25) is 0 Å². The second-order valence-electron chi connectivity index (χ2n) is 5.11. The topological polar surface area (TPSA) is 58.0 Å². The van der Waals surface area contributed by atoms with Crippen LogP contribution in [0, 0.1) is 0 Å². The molecule has 3 heterocycles. The van der Waals surface area contributed by atoms with Gasteiger partial charge in [-0.15, -0.1) is 5.10 Å². The second-order valence-corrected chi connectivity index (χ2v) is 6.03. The van der Waals surface area contributed by atoms with Crippen LogP contribution in [0.4, 0.5) is 11.8 Å². The summed E-state index contributed by atoms with van der Waals surface area (Å²) in [6.45, 7) is 1.95. The molecule has 2 aromatic rings. The van der Waals surface area contributed by atoms with Gasteiger partial charge >= 0.3 is 0 Å². The summed E-state index contributed by atoms with van der Waals surface area (Å²) in [7, 11) is 2.06. The molecule has 2 aromatic heterocycles. The Kier molecular flexibility index (Phi) is 4.28. The standard InChI is InChI=1S/C14H17BrN6/c1-20(14-16-9-11(15)10-17-14)12-4-7-21(8-5-12)13-3-2-6-18-19-13/h2-3,6,9-10,12H,4-5,7-8H2,1H3. The largest absolute Gasteiger partial charge is 0.355 e. The van der Waals surface area contributed by atoms with Gasteiger partial charge in [0.2, 0.25) is 5.95 Å². The molecule has 6 nitrogen and oxygen atoms in total. The van der Waals surface area contributed by atoms with Crippen molar-refractivity contribution in [2.75, 3.05) is 29.9 Å². The van der Waals surface area contributed by atoms with Crippen LogP contribution in [0.15, 0.2) is 35.2 Å². The summed E-state index contributed by atoms with van der Waals surface area (Å²) in [6.07, 6.45) is 7.40. The van der Waals surface area contributed by atoms with E-state index in [2.05, 4.69) is 52.9 Å². The van der Waals surface area contributed by atoms with Crippen LogP contribution in [0.2, 0.25) is 0 Å². The van der Waals surface area contributed by atoms with Gasteiger partial charge in [0.25, 0.3) is 0 Å². The zero-order valence-corrected chi connectivity index (χ0v) is 13.4. The van der Waals surface area contributed by atoms with Crippen molar-refractivity contribution in [3.8, 4) is 0 Å². The first-order valence-corrected chi connectivity index (χ1v) is 7.76. The minimum Gasteiger partial charge on any atom is -0.355 e. The van der Waals surface area contributed by atoms with Crippen LogP contribution in [0.5, 0.6) is 0 Å². The van der Waals surface area contributed by atoms with Crippen LogP contribution >= 0.6 is 15.9 Å². The first-order valence-electron chi connectivity index (χ1n) is 6.97. The molecule has 0 unspecified atom stereocenters. The first-order chi connectivity index (χ1) is 10.2. The summed E-state index contributed by atoms with van der Waals surface area (Å²) in [5.74, 6) is 1.73. The molecular formula is C14H17BrN6. The van der Waals surface area contributed by atoms with Crippen LogP contribution in [0.1, 0.15) is 12.8 Å². The van der Waals surface area contributed by atoms with Gasteiger partial charge in [-0.25, -0.2) is 9.97 Å². The molecular weight excluding hydrogens is 332 g/mol. The summed E-state index contributed by atoms with van der Waals surface area (Å²) in [5, 5.41) is 8.12. The van der Waals surface area contributed by atoms with E-state index < -0.39 is 0 Å². The van der Waals surface area contributed by atoms with Crippen molar-refractivity contribution >= 4 is 27.7 Å². The fourth-order valence-electron chi connectivity index (χ4n) is 2.60. The Balaban J connectivity index is 1.61. The quantitative estimate of drug-likeness (QED) is 0.846. The minimum absolute atomic E-state index is 0.457. The van der Waals surface area contributed by atoms with E-state index in [0.29, 0.717) is 6.04 Å². The molecule has 0 amide bonds. The van der Waals surface area contributed by atoms with Gasteiger partial charge in [-0.05, 0) is 40.9 Å². The van der Waals surface area contributed by atoms with Gasteiger partial charge in [-0.1, -0.05) is 0 Å². The maximum absolute atomic E-state index is 4.36. The van der Waals surface area contributed by atoms with Crippen molar-refractivity contribution in [3.05, 3.63) is 35.2 Å². The fourth-order valence-corrected chi connectivity index (χ4v) is 2.80. The zero-order chi connectivity index (χ0) is 14.7. The van der Waals surface area contributed by atoms with Crippen molar-refractivity contribution in [2.24, 2.45) is 0 Å². The van der Waals surface area contributed by atoms with Crippen molar-refractivity contribution in [3.63, 3.8) is 0 Å². The number of aromatic nitrogens is 4. The summed E-state index contributed by atoms with van der Waals surface area (Å²) in [6, 6.07) is 4.39. The monoisotopic (exact) mass is 348 g/mol. The lowest BCUT2D eigenvalue weighted by atomic mass is 10.0. The molecule has 21 heavy (non-hydrogen) atoms. The van der Waals surface area contributed by atoms with Crippen molar-refractivity contribution in [1.82, 2.24) is 20.2 Å². The van der Waals surface area contributed by atoms with E-state index in [-0.39, 0.29) is 0 Å². The van der Waals surface area contributed by atoms with Crippen LogP contribution in [-0.2, 0) is 0 Å². The average molecular weight is 349 g/mol. The van der Waals surface area contributed by atoms with Gasteiger partial charge in [0.15, 0.2) is 5.82 Å². The highest BCUT2D eigenvalue weighted by Crippen LogP contribution is 2.22. The predicted molar refractivity (Wildman–Crippen MR) is 85.4 cm³/mol. The number of piperidine rings is 1. The number of hydrogen-bond acceptors (Lipinski definition) is 6. The maximum atomic E-state index is 4.36. The Morgan fingerprint density at radius 3 is 2.57 bits per heavy atom. The van der Waals surface area contributed by atoms with E-state index in [1.807, 2.05) is 12.1 Å². The zero-order valence-electron chi connectivity index (χ0n) is 11.9. The maximum Gasteiger partial charge on any atom is 0.225 e. The number of hydrogen-bond donors (Lipinski definition) is 0. The summed E-state index contributed by atoms with van der Waals surface area (Å²) in [4.78, 5) is 13.2. The van der Waals surface area contributed by atoms with Crippen LogP contribution < -0.4 is 9.80 Å². The first kappa shape index (κ1) is 14.2. The molecule has 1 aliphatic heterocycles. The van der Waals surface area contributed by atoms with E-state index in [4.69, 9.17) is 0 Å². The Morgan fingerprint density at radius 1 is 1.24 bits per heavy atom. The lowest BCUT2D eigenvalue weighted by Crippen LogP contribution is -2.44. The van der Waals surface area contributed by atoms with Gasteiger partial charge in [0.1, 0.15) is 0 Å². The highest BCUT2D eigenvalue weighted by atomic mass is 79.9. The summed E-state index contributed by atoms with van der Waals surface area (Å²) < 4.78 is 0.900. The number of halogens is 1. The number of anilines is 2. The van der Waals surface area contributed by atoms with Crippen LogP contribution in [0.25, 0.3) is 0 Å². The Bertz CT molecular complexity index is 568. The normalized spacial score (nSPS) is 16.0. The molecule has 1 saturated heterocycles. The third-order valence-corrected chi connectivity index (χ3v) is 4.23. The highest BCUT2D eigenvalue weighted by molar-refractivity contribution is 9.10. The molecule has 0 N–H and O–H groups in total. The Morgan fingerprint density at radius 2 is 1.95 bits per heavy atom. The lowest BCUT2D eigenvalue weighted by molar-refractivity contribution is 0.474. The summed E-state index contributed by atoms with van der Waals surface area (Å²) >= 11 is 3.36. The van der Waals surface area contributed by atoms with Crippen LogP contribution in [-0.4, -0.2) is 46.3 Å².